The van der Waals surface area contributed by atoms with Crippen LogP contribution in [0.4, 0.5) is 0 Å². The molecule has 2 aliphatic rings. The number of likely N-dealkylation sites (tertiary alicyclic amines) is 1. The third-order valence-electron chi connectivity index (χ3n) is 5.73. The van der Waals surface area contributed by atoms with Crippen molar-refractivity contribution < 1.29 is 14.7 Å². The molecule has 7 heteroatoms. The molecule has 0 bridgehead atoms. The number of hydrogen-bond acceptors (Lipinski definition) is 4. The summed E-state index contributed by atoms with van der Waals surface area (Å²) >= 11 is 0. The number of amides is 1. The molecule has 25 heavy (non-hydrogen) atoms. The van der Waals surface area contributed by atoms with Crippen molar-refractivity contribution in [3.8, 4) is 0 Å². The summed E-state index contributed by atoms with van der Waals surface area (Å²) < 4.78 is 0. The predicted octanol–water partition coefficient (Wildman–Crippen LogP) is 2.35. The van der Waals surface area contributed by atoms with E-state index in [0.717, 1.165) is 43.8 Å². The van der Waals surface area contributed by atoms with E-state index in [2.05, 4.69) is 29.0 Å². The first-order valence-corrected chi connectivity index (χ1v) is 9.36. The smallest absolute Gasteiger partial charge is 0.319 e. The molecule has 7 nitrogen and oxygen atoms in total. The Morgan fingerprint density at radius 2 is 1.92 bits per heavy atom. The molecule has 0 aromatic carbocycles. The summed E-state index contributed by atoms with van der Waals surface area (Å²) in [4.78, 5) is 30.8. The number of nitrogens with one attached hydrogen (secondary N) is 1. The Morgan fingerprint density at radius 3 is 2.44 bits per heavy atom. The van der Waals surface area contributed by atoms with Gasteiger partial charge in [0.15, 0.2) is 5.82 Å². The fraction of sp³-hybridized carbons (Fsp3) is 0.778. The lowest BCUT2D eigenvalue weighted by Crippen LogP contribution is -2.50. The average molecular weight is 348 g/mol. The van der Waals surface area contributed by atoms with E-state index < -0.39 is 11.4 Å². The maximum absolute atomic E-state index is 12.8. The van der Waals surface area contributed by atoms with Crippen LogP contribution >= 0.6 is 0 Å². The highest BCUT2D eigenvalue weighted by atomic mass is 16.4. The lowest BCUT2D eigenvalue weighted by Gasteiger charge is -2.36. The summed E-state index contributed by atoms with van der Waals surface area (Å²) in [5, 5.41) is 16.8. The molecule has 138 valence electrons. The highest BCUT2D eigenvalue weighted by Crippen LogP contribution is 2.40. The van der Waals surface area contributed by atoms with Crippen LogP contribution in [0.2, 0.25) is 0 Å². The molecule has 0 radical (unpaired) electrons. The van der Waals surface area contributed by atoms with Gasteiger partial charge in [-0.3, -0.25) is 14.7 Å². The van der Waals surface area contributed by atoms with Gasteiger partial charge in [-0.05, 0) is 31.6 Å². The van der Waals surface area contributed by atoms with E-state index in [1.807, 2.05) is 0 Å². The second-order valence-electron chi connectivity index (χ2n) is 7.83. The average Bonchev–Trinajstić information content (AvgIpc) is 3.25. The number of rotatable bonds is 5. The van der Waals surface area contributed by atoms with Gasteiger partial charge in [-0.2, -0.15) is 5.10 Å². The van der Waals surface area contributed by atoms with E-state index in [-0.39, 0.29) is 5.91 Å². The minimum Gasteiger partial charge on any atom is -0.480 e. The van der Waals surface area contributed by atoms with Crippen molar-refractivity contribution in [1.82, 2.24) is 20.1 Å². The largest absolute Gasteiger partial charge is 0.480 e. The first-order chi connectivity index (χ1) is 11.9. The molecule has 0 atom stereocenters. The van der Waals surface area contributed by atoms with Crippen molar-refractivity contribution in [2.45, 2.75) is 64.7 Å². The number of carbonyl (C=O) groups excluding carboxylic acids is 1. The molecule has 2 heterocycles. The molecule has 2 N–H and O–H groups in total. The molecule has 2 fully saturated rings. The Morgan fingerprint density at radius 1 is 1.28 bits per heavy atom. The summed E-state index contributed by atoms with van der Waals surface area (Å²) in [6.07, 6.45) is 5.24. The topological polar surface area (TPSA) is 99.2 Å². The summed E-state index contributed by atoms with van der Waals surface area (Å²) in [5.74, 6) is 1.40. The molecule has 3 rings (SSSR count). The molecule has 1 saturated carbocycles. The summed E-state index contributed by atoms with van der Waals surface area (Å²) in [6, 6.07) is 0. The first kappa shape index (κ1) is 17.9. The van der Waals surface area contributed by atoms with Crippen molar-refractivity contribution in [1.29, 1.82) is 0 Å². The summed E-state index contributed by atoms with van der Waals surface area (Å²) in [6.45, 7) is 5.42. The number of carboxylic acid groups (broad SMARTS) is 1. The molecule has 1 saturated heterocycles. The maximum atomic E-state index is 12.8. The standard InChI is InChI=1S/C18H28N4O3/c1-12(2)15-19-14(20-21-15)11-13-5-9-22(10-6-13)16(23)18(17(24)25)7-3-4-8-18/h12-13H,3-11H2,1-2H3,(H,24,25)(H,19,20,21). The molecule has 0 spiro atoms. The quantitative estimate of drug-likeness (QED) is 0.796. The number of aliphatic carboxylic acids is 1. The van der Waals surface area contributed by atoms with Crippen LogP contribution in [-0.2, 0) is 16.0 Å². The van der Waals surface area contributed by atoms with Gasteiger partial charge in [0.1, 0.15) is 11.2 Å². The molecule has 0 unspecified atom stereocenters. The monoisotopic (exact) mass is 348 g/mol. The van der Waals surface area contributed by atoms with Crippen molar-refractivity contribution in [3.05, 3.63) is 11.6 Å². The second-order valence-corrected chi connectivity index (χ2v) is 7.83. The third kappa shape index (κ3) is 3.55. The zero-order chi connectivity index (χ0) is 18.0. The van der Waals surface area contributed by atoms with Gasteiger partial charge in [0.2, 0.25) is 5.91 Å². The normalized spacial score (nSPS) is 21.0. The van der Waals surface area contributed by atoms with Gasteiger partial charge in [0, 0.05) is 25.4 Å². The van der Waals surface area contributed by atoms with Crippen molar-refractivity contribution in [2.75, 3.05) is 13.1 Å². The zero-order valence-corrected chi connectivity index (χ0v) is 15.1. The van der Waals surface area contributed by atoms with Crippen LogP contribution in [0, 0.1) is 11.3 Å². The second kappa shape index (κ2) is 7.14. The predicted molar refractivity (Wildman–Crippen MR) is 92.0 cm³/mol. The van der Waals surface area contributed by atoms with Crippen LogP contribution in [0.5, 0.6) is 0 Å². The lowest BCUT2D eigenvalue weighted by atomic mass is 9.83. The molecular formula is C18H28N4O3. The molecule has 1 aromatic rings. The van der Waals surface area contributed by atoms with E-state index >= 15 is 0 Å². The number of H-pyrrole nitrogens is 1. The Kier molecular flexibility index (Phi) is 5.11. The van der Waals surface area contributed by atoms with Crippen molar-refractivity contribution in [3.63, 3.8) is 0 Å². The Labute approximate surface area is 148 Å². The maximum Gasteiger partial charge on any atom is 0.319 e. The number of nitrogens with zero attached hydrogens (tertiary/aromatic N) is 3. The number of aromatic amines is 1. The zero-order valence-electron chi connectivity index (χ0n) is 15.1. The number of carbonyl (C=O) groups is 2. The van der Waals surface area contributed by atoms with Crippen molar-refractivity contribution in [2.24, 2.45) is 11.3 Å². The number of hydrogen-bond donors (Lipinski definition) is 2. The minimum atomic E-state index is -1.16. The summed E-state index contributed by atoms with van der Waals surface area (Å²) in [5.41, 5.74) is -1.16. The van der Waals surface area contributed by atoms with Crippen LogP contribution < -0.4 is 0 Å². The van der Waals surface area contributed by atoms with E-state index in [1.54, 1.807) is 4.90 Å². The summed E-state index contributed by atoms with van der Waals surface area (Å²) in [7, 11) is 0. The van der Waals surface area contributed by atoms with Gasteiger partial charge in [-0.25, -0.2) is 4.98 Å². The van der Waals surface area contributed by atoms with Gasteiger partial charge in [-0.15, -0.1) is 0 Å². The third-order valence-corrected chi connectivity index (χ3v) is 5.73. The number of aromatic nitrogens is 3. The Bertz CT molecular complexity index is 626. The van der Waals surface area contributed by atoms with Gasteiger partial charge in [-0.1, -0.05) is 26.7 Å². The van der Waals surface area contributed by atoms with Crippen molar-refractivity contribution >= 4 is 11.9 Å². The molecule has 1 amide bonds. The Balaban J connectivity index is 1.56. The van der Waals surface area contributed by atoms with Crippen LogP contribution in [0.3, 0.4) is 0 Å². The first-order valence-electron chi connectivity index (χ1n) is 9.36. The molecule has 1 aliphatic carbocycles. The molecule has 1 aromatic heterocycles. The van der Waals surface area contributed by atoms with Gasteiger partial charge >= 0.3 is 5.97 Å². The highest BCUT2D eigenvalue weighted by molar-refractivity contribution is 6.02. The van der Waals surface area contributed by atoms with E-state index in [9.17, 15) is 14.7 Å². The molecular weight excluding hydrogens is 320 g/mol. The van der Waals surface area contributed by atoms with E-state index in [4.69, 9.17) is 0 Å². The van der Waals surface area contributed by atoms with Gasteiger partial charge < -0.3 is 10.0 Å². The molecule has 1 aliphatic heterocycles. The van der Waals surface area contributed by atoms with Crippen LogP contribution in [0.15, 0.2) is 0 Å². The lowest BCUT2D eigenvalue weighted by molar-refractivity contribution is -0.161. The van der Waals surface area contributed by atoms with Crippen LogP contribution in [-0.4, -0.2) is 50.2 Å². The highest BCUT2D eigenvalue weighted by Gasteiger charge is 2.50. The minimum absolute atomic E-state index is 0.169. The number of piperidine rings is 1. The fourth-order valence-electron chi connectivity index (χ4n) is 4.07. The SMILES string of the molecule is CC(C)c1n[nH]c(CC2CCN(C(=O)C3(C(=O)O)CCCC3)CC2)n1. The van der Waals surface area contributed by atoms with Gasteiger partial charge in [0.05, 0.1) is 0 Å². The van der Waals surface area contributed by atoms with E-state index in [0.29, 0.717) is 37.8 Å². The Hall–Kier alpha value is -1.92. The van der Waals surface area contributed by atoms with Gasteiger partial charge in [0.25, 0.3) is 0 Å². The fourth-order valence-corrected chi connectivity index (χ4v) is 4.07. The van der Waals surface area contributed by atoms with E-state index in [1.165, 1.54) is 0 Å². The number of carboxylic acids is 1. The van der Waals surface area contributed by atoms with Crippen LogP contribution in [0.1, 0.15) is 69.9 Å². The van der Waals surface area contributed by atoms with Crippen LogP contribution in [0.25, 0.3) is 0 Å².